The molecule has 1 aliphatic rings. The van der Waals surface area contributed by atoms with Crippen molar-refractivity contribution in [2.45, 2.75) is 85.9 Å². The first-order valence-electron chi connectivity index (χ1n) is 10.1. The van der Waals surface area contributed by atoms with E-state index >= 15 is 0 Å². The van der Waals surface area contributed by atoms with Crippen LogP contribution in [-0.2, 0) is 9.22 Å². The van der Waals surface area contributed by atoms with Crippen LogP contribution >= 0.6 is 0 Å². The molecule has 0 spiro atoms. The molecule has 0 bridgehead atoms. The fourth-order valence-corrected chi connectivity index (χ4v) is 4.62. The molecule has 0 aromatic carbocycles. The lowest BCUT2D eigenvalue weighted by Crippen LogP contribution is -2.40. The van der Waals surface area contributed by atoms with Crippen molar-refractivity contribution in [3.63, 3.8) is 0 Å². The van der Waals surface area contributed by atoms with E-state index < -0.39 is 8.32 Å². The minimum absolute atomic E-state index is 0.150. The van der Waals surface area contributed by atoms with Crippen molar-refractivity contribution < 1.29 is 9.22 Å². The third-order valence-corrected chi connectivity index (χ3v) is 11.0. The summed E-state index contributed by atoms with van der Waals surface area (Å²) < 4.78 is 6.32. The van der Waals surface area contributed by atoms with Gasteiger partial charge < -0.3 is 4.43 Å². The largest absolute Gasteiger partial charge is 0.544 e. The molecule has 0 radical (unpaired) electrons. The molecule has 0 saturated carbocycles. The lowest BCUT2D eigenvalue weighted by atomic mass is 9.62. The number of allylic oxidation sites excluding steroid dienone is 5. The molecule has 0 aromatic rings. The van der Waals surface area contributed by atoms with E-state index in [0.29, 0.717) is 0 Å². The highest BCUT2D eigenvalue weighted by Gasteiger charge is 2.43. The molecule has 0 amide bonds. The molecule has 0 aromatic heterocycles. The molecule has 2 atom stereocenters. The van der Waals surface area contributed by atoms with Gasteiger partial charge in [-0.15, -0.1) is 0 Å². The van der Waals surface area contributed by atoms with Gasteiger partial charge in [-0.05, 0) is 75.2 Å². The van der Waals surface area contributed by atoms with E-state index in [1.54, 1.807) is 0 Å². The fraction of sp³-hybridized carbons (Fsp3) is 0.625. The van der Waals surface area contributed by atoms with Crippen LogP contribution in [0.2, 0.25) is 18.1 Å². The summed E-state index contributed by atoms with van der Waals surface area (Å²) in [5.41, 5.74) is 2.69. The van der Waals surface area contributed by atoms with E-state index in [1.165, 1.54) is 0 Å². The van der Waals surface area contributed by atoms with Crippen molar-refractivity contribution in [3.8, 4) is 0 Å². The quantitative estimate of drug-likeness (QED) is 0.197. The van der Waals surface area contributed by atoms with Gasteiger partial charge in [0.05, 0.1) is 5.76 Å². The van der Waals surface area contributed by atoms with Crippen molar-refractivity contribution >= 4 is 14.1 Å². The van der Waals surface area contributed by atoms with Gasteiger partial charge in [-0.2, -0.15) is 0 Å². The Labute approximate surface area is 168 Å². The molecule has 2 nitrogen and oxygen atoms in total. The predicted molar refractivity (Wildman–Crippen MR) is 120 cm³/mol. The van der Waals surface area contributed by atoms with Gasteiger partial charge >= 0.3 is 0 Å². The molecule has 0 saturated heterocycles. The summed E-state index contributed by atoms with van der Waals surface area (Å²) in [5.74, 6) is 1.26. The van der Waals surface area contributed by atoms with Crippen molar-refractivity contribution in [1.82, 2.24) is 0 Å². The van der Waals surface area contributed by atoms with E-state index in [2.05, 4.69) is 73.0 Å². The maximum absolute atomic E-state index is 12.9. The zero-order valence-electron chi connectivity index (χ0n) is 19.1. The Bertz CT molecular complexity index is 673. The lowest BCUT2D eigenvalue weighted by molar-refractivity contribution is -0.127. The van der Waals surface area contributed by atoms with E-state index in [0.717, 1.165) is 41.7 Å². The number of carbonyl (C=O) groups is 1. The van der Waals surface area contributed by atoms with Crippen LogP contribution in [0.1, 0.15) is 67.7 Å². The number of hydrogen-bond donors (Lipinski definition) is 0. The number of carbonyl (C=O) groups excluding carboxylic acids is 1. The van der Waals surface area contributed by atoms with Gasteiger partial charge in [0.2, 0.25) is 8.32 Å². The monoisotopic (exact) mass is 388 g/mol. The number of ketones is 1. The number of rotatable bonds is 7. The Morgan fingerprint density at radius 1 is 1.33 bits per heavy atom. The van der Waals surface area contributed by atoms with Crippen LogP contribution in [0.4, 0.5) is 0 Å². The summed E-state index contributed by atoms with van der Waals surface area (Å²) in [6, 6.07) is 0. The molecule has 27 heavy (non-hydrogen) atoms. The lowest BCUT2D eigenvalue weighted by Gasteiger charge is -2.40. The second kappa shape index (κ2) is 8.34. The molecule has 3 heteroatoms. The van der Waals surface area contributed by atoms with E-state index in [4.69, 9.17) is 4.43 Å². The van der Waals surface area contributed by atoms with E-state index in [1.807, 2.05) is 13.8 Å². The van der Waals surface area contributed by atoms with Crippen LogP contribution < -0.4 is 0 Å². The van der Waals surface area contributed by atoms with Crippen molar-refractivity contribution in [2.75, 3.05) is 0 Å². The molecule has 0 aliphatic heterocycles. The Kier molecular flexibility index (Phi) is 7.32. The zero-order valence-corrected chi connectivity index (χ0v) is 20.1. The molecule has 0 N–H and O–H groups in total. The molecule has 0 heterocycles. The molecule has 1 rings (SSSR count). The molecule has 152 valence electrons. The Morgan fingerprint density at radius 3 is 2.37 bits per heavy atom. The van der Waals surface area contributed by atoms with E-state index in [-0.39, 0.29) is 22.2 Å². The van der Waals surface area contributed by atoms with Gasteiger partial charge in [0, 0.05) is 5.41 Å². The highest BCUT2D eigenvalue weighted by Crippen LogP contribution is 2.45. The average molecular weight is 389 g/mol. The average Bonchev–Trinajstić information content (AvgIpc) is 2.50. The minimum Gasteiger partial charge on any atom is -0.544 e. The van der Waals surface area contributed by atoms with Gasteiger partial charge in [0.1, 0.15) is 0 Å². The van der Waals surface area contributed by atoms with Crippen LogP contribution in [0.25, 0.3) is 0 Å². The molecular weight excluding hydrogens is 348 g/mol. The van der Waals surface area contributed by atoms with Gasteiger partial charge in [-0.3, -0.25) is 4.79 Å². The topological polar surface area (TPSA) is 26.3 Å². The maximum atomic E-state index is 12.9. The molecule has 0 unspecified atom stereocenters. The second-order valence-electron chi connectivity index (χ2n) is 9.98. The van der Waals surface area contributed by atoms with Crippen molar-refractivity contribution in [3.05, 3.63) is 47.8 Å². The van der Waals surface area contributed by atoms with Crippen LogP contribution in [-0.4, -0.2) is 14.1 Å². The SMILES string of the molecule is C=C(O[Si](C)(C)C(C)(C)C)/C(C)=C/CC[C@@]1(C)C(=O)C(C)=CC[C@@H]1C(=C)C. The summed E-state index contributed by atoms with van der Waals surface area (Å²) in [6.07, 6.45) is 6.81. The highest BCUT2D eigenvalue weighted by molar-refractivity contribution is 6.74. The number of hydrogen-bond acceptors (Lipinski definition) is 2. The molecule has 1 aliphatic carbocycles. The zero-order chi connectivity index (χ0) is 21.2. The van der Waals surface area contributed by atoms with Crippen LogP contribution in [0, 0.1) is 11.3 Å². The first kappa shape index (κ1) is 23.7. The smallest absolute Gasteiger partial charge is 0.250 e. The first-order chi connectivity index (χ1) is 12.1. The van der Waals surface area contributed by atoms with Crippen LogP contribution in [0.3, 0.4) is 0 Å². The van der Waals surface area contributed by atoms with Crippen molar-refractivity contribution in [1.29, 1.82) is 0 Å². The molecular formula is C24H40O2Si. The van der Waals surface area contributed by atoms with Crippen LogP contribution in [0.5, 0.6) is 0 Å². The van der Waals surface area contributed by atoms with Crippen molar-refractivity contribution in [2.24, 2.45) is 11.3 Å². The maximum Gasteiger partial charge on any atom is 0.250 e. The van der Waals surface area contributed by atoms with Gasteiger partial charge in [0.15, 0.2) is 5.78 Å². The normalized spacial score (nSPS) is 24.5. The minimum atomic E-state index is -1.88. The third kappa shape index (κ3) is 5.34. The first-order valence-corrected chi connectivity index (χ1v) is 13.0. The Morgan fingerprint density at radius 2 is 1.89 bits per heavy atom. The fourth-order valence-electron chi connectivity index (χ4n) is 3.53. The van der Waals surface area contributed by atoms with Gasteiger partial charge in [0.25, 0.3) is 0 Å². The summed E-state index contributed by atoms with van der Waals surface area (Å²) in [4.78, 5) is 12.9. The Balaban J connectivity index is 2.87. The van der Waals surface area contributed by atoms with Gasteiger partial charge in [-0.25, -0.2) is 0 Å². The summed E-state index contributed by atoms with van der Waals surface area (Å²) in [6.45, 7) is 27.6. The third-order valence-electron chi connectivity index (χ3n) is 6.64. The predicted octanol–water partition coefficient (Wildman–Crippen LogP) is 7.37. The van der Waals surface area contributed by atoms with Crippen LogP contribution in [0.15, 0.2) is 47.8 Å². The summed E-state index contributed by atoms with van der Waals surface area (Å²) in [5, 5.41) is 0.150. The molecule has 0 fully saturated rings. The second-order valence-corrected chi connectivity index (χ2v) is 14.7. The summed E-state index contributed by atoms with van der Waals surface area (Å²) >= 11 is 0. The van der Waals surface area contributed by atoms with E-state index in [9.17, 15) is 4.79 Å². The highest BCUT2D eigenvalue weighted by atomic mass is 28.4. The summed E-state index contributed by atoms with van der Waals surface area (Å²) in [7, 11) is -1.88. The number of Topliss-reactive ketones (excluding diaryl/α,β-unsaturated/α-hetero) is 1. The standard InChI is InChI=1S/C24H40O2Si/c1-17(2)21-15-14-19(4)22(25)24(21,9)16-12-13-18(3)20(5)26-27(10,11)23(6,7)8/h13-14,21H,1,5,12,15-16H2,2-4,6-11H3/b18-13+/t21-,24-/m1/s1. The Hall–Kier alpha value is -1.35. The van der Waals surface area contributed by atoms with Gasteiger partial charge in [-0.1, -0.05) is 58.6 Å².